The van der Waals surface area contributed by atoms with Crippen LogP contribution in [0.25, 0.3) is 0 Å². The lowest BCUT2D eigenvalue weighted by Gasteiger charge is -2.22. The van der Waals surface area contributed by atoms with Gasteiger partial charge >= 0.3 is 0 Å². The Morgan fingerprint density at radius 3 is 2.37 bits per heavy atom. The van der Waals surface area contributed by atoms with E-state index in [1.807, 2.05) is 24.3 Å². The standard InChI is InChI=1S/C22H31N3O2/c1-22(2,15-18-8-6-5-7-9-18)16-25-21(23)24-13-12-17-10-11-19(26-3)20(14-17)27-4/h5-11,14H,12-13,15-16H2,1-4H3,(H3,23,24,25). The minimum atomic E-state index is 0.0526. The summed E-state index contributed by atoms with van der Waals surface area (Å²) in [6.07, 6.45) is 1.79. The van der Waals surface area contributed by atoms with E-state index in [4.69, 9.17) is 15.2 Å². The molecule has 0 amide bonds. The van der Waals surface area contributed by atoms with Gasteiger partial charge in [0.1, 0.15) is 0 Å². The molecule has 27 heavy (non-hydrogen) atoms. The van der Waals surface area contributed by atoms with Crippen LogP contribution < -0.4 is 20.5 Å². The Bertz CT molecular complexity index is 742. The van der Waals surface area contributed by atoms with Crippen molar-refractivity contribution in [1.82, 2.24) is 5.32 Å². The van der Waals surface area contributed by atoms with E-state index in [1.165, 1.54) is 5.56 Å². The van der Waals surface area contributed by atoms with Gasteiger partial charge in [0.25, 0.3) is 0 Å². The Labute approximate surface area is 162 Å². The zero-order valence-electron chi connectivity index (χ0n) is 16.8. The van der Waals surface area contributed by atoms with Gasteiger partial charge in [0.05, 0.1) is 14.2 Å². The summed E-state index contributed by atoms with van der Waals surface area (Å²) < 4.78 is 10.6. The van der Waals surface area contributed by atoms with E-state index in [-0.39, 0.29) is 5.41 Å². The minimum absolute atomic E-state index is 0.0526. The Kier molecular flexibility index (Phi) is 7.53. The van der Waals surface area contributed by atoms with Crippen molar-refractivity contribution >= 4 is 5.96 Å². The molecular weight excluding hydrogens is 338 g/mol. The highest BCUT2D eigenvalue weighted by Gasteiger charge is 2.18. The number of guanidine groups is 1. The maximum atomic E-state index is 6.03. The minimum Gasteiger partial charge on any atom is -0.493 e. The quantitative estimate of drug-likeness (QED) is 0.525. The first kappa shape index (κ1) is 20.6. The summed E-state index contributed by atoms with van der Waals surface area (Å²) in [5.74, 6) is 1.95. The van der Waals surface area contributed by atoms with Crippen molar-refractivity contribution in [2.45, 2.75) is 26.7 Å². The van der Waals surface area contributed by atoms with Crippen LogP contribution in [0.1, 0.15) is 25.0 Å². The third-order valence-corrected chi connectivity index (χ3v) is 4.37. The van der Waals surface area contributed by atoms with Crippen LogP contribution >= 0.6 is 0 Å². The van der Waals surface area contributed by atoms with Gasteiger partial charge in [-0.1, -0.05) is 50.2 Å². The average molecular weight is 370 g/mol. The fraction of sp³-hybridized carbons (Fsp3) is 0.409. The van der Waals surface area contributed by atoms with Crippen molar-refractivity contribution in [2.24, 2.45) is 16.1 Å². The first-order valence-electron chi connectivity index (χ1n) is 9.22. The molecule has 2 aromatic rings. The van der Waals surface area contributed by atoms with Gasteiger partial charge in [0.2, 0.25) is 0 Å². The predicted molar refractivity (Wildman–Crippen MR) is 112 cm³/mol. The molecule has 0 aliphatic carbocycles. The van der Waals surface area contributed by atoms with E-state index < -0.39 is 0 Å². The Hall–Kier alpha value is -2.69. The van der Waals surface area contributed by atoms with Gasteiger partial charge < -0.3 is 20.5 Å². The summed E-state index contributed by atoms with van der Waals surface area (Å²) in [6.45, 7) is 5.81. The number of nitrogens with two attached hydrogens (primary N) is 1. The number of hydrogen-bond acceptors (Lipinski definition) is 3. The van der Waals surface area contributed by atoms with Crippen molar-refractivity contribution in [1.29, 1.82) is 0 Å². The Morgan fingerprint density at radius 2 is 1.70 bits per heavy atom. The summed E-state index contributed by atoms with van der Waals surface area (Å²) in [5.41, 5.74) is 8.55. The van der Waals surface area contributed by atoms with Crippen molar-refractivity contribution in [3.8, 4) is 11.5 Å². The average Bonchev–Trinajstić information content (AvgIpc) is 2.67. The summed E-state index contributed by atoms with van der Waals surface area (Å²) >= 11 is 0. The fourth-order valence-corrected chi connectivity index (χ4v) is 2.93. The SMILES string of the molecule is COc1ccc(CCNC(N)=NCC(C)(C)Cc2ccccc2)cc1OC. The zero-order valence-corrected chi connectivity index (χ0v) is 16.8. The van der Waals surface area contributed by atoms with E-state index in [2.05, 4.69) is 48.4 Å². The molecule has 0 bridgehead atoms. The maximum absolute atomic E-state index is 6.03. The molecule has 0 saturated carbocycles. The molecule has 5 heteroatoms. The normalized spacial score (nSPS) is 11.9. The zero-order chi connectivity index (χ0) is 19.7. The maximum Gasteiger partial charge on any atom is 0.188 e. The Morgan fingerprint density at radius 1 is 1.00 bits per heavy atom. The van der Waals surface area contributed by atoms with Crippen LogP contribution in [0.4, 0.5) is 0 Å². The van der Waals surface area contributed by atoms with Gasteiger partial charge in [-0.25, -0.2) is 0 Å². The van der Waals surface area contributed by atoms with E-state index in [1.54, 1.807) is 14.2 Å². The molecule has 0 heterocycles. The van der Waals surface area contributed by atoms with E-state index in [0.717, 1.165) is 29.9 Å². The van der Waals surface area contributed by atoms with Gasteiger partial charge in [-0.05, 0) is 41.5 Å². The number of methoxy groups -OCH3 is 2. The second kappa shape index (κ2) is 9.86. The molecule has 2 rings (SSSR count). The molecule has 0 radical (unpaired) electrons. The van der Waals surface area contributed by atoms with Crippen LogP contribution in [0, 0.1) is 5.41 Å². The van der Waals surface area contributed by atoms with Crippen molar-refractivity contribution < 1.29 is 9.47 Å². The predicted octanol–water partition coefficient (Wildman–Crippen LogP) is 3.42. The van der Waals surface area contributed by atoms with Crippen molar-refractivity contribution in [3.05, 3.63) is 59.7 Å². The topological polar surface area (TPSA) is 68.9 Å². The summed E-state index contributed by atoms with van der Waals surface area (Å²) in [5, 5.41) is 3.19. The molecule has 0 unspecified atom stereocenters. The van der Waals surface area contributed by atoms with Crippen LogP contribution in [-0.4, -0.2) is 33.3 Å². The first-order chi connectivity index (χ1) is 12.9. The monoisotopic (exact) mass is 369 g/mol. The number of ether oxygens (including phenoxy) is 2. The highest BCUT2D eigenvalue weighted by molar-refractivity contribution is 5.77. The fourth-order valence-electron chi connectivity index (χ4n) is 2.93. The number of aliphatic imine (C=N–C) groups is 1. The molecular formula is C22H31N3O2. The summed E-state index contributed by atoms with van der Waals surface area (Å²) in [6, 6.07) is 16.4. The third kappa shape index (κ3) is 6.85. The lowest BCUT2D eigenvalue weighted by Crippen LogP contribution is -2.34. The summed E-state index contributed by atoms with van der Waals surface area (Å²) in [7, 11) is 3.28. The van der Waals surface area contributed by atoms with Crippen molar-refractivity contribution in [2.75, 3.05) is 27.3 Å². The van der Waals surface area contributed by atoms with Gasteiger partial charge in [-0.15, -0.1) is 0 Å². The van der Waals surface area contributed by atoms with Crippen molar-refractivity contribution in [3.63, 3.8) is 0 Å². The van der Waals surface area contributed by atoms with E-state index in [9.17, 15) is 0 Å². The van der Waals surface area contributed by atoms with Crippen LogP contribution in [-0.2, 0) is 12.8 Å². The van der Waals surface area contributed by atoms with Gasteiger partial charge in [0, 0.05) is 13.1 Å². The molecule has 146 valence electrons. The van der Waals surface area contributed by atoms with Crippen LogP contribution in [0.15, 0.2) is 53.5 Å². The molecule has 5 nitrogen and oxygen atoms in total. The highest BCUT2D eigenvalue weighted by Crippen LogP contribution is 2.27. The number of hydrogen-bond donors (Lipinski definition) is 2. The molecule has 3 N–H and O–H groups in total. The molecule has 0 fully saturated rings. The molecule has 0 spiro atoms. The van der Waals surface area contributed by atoms with E-state index >= 15 is 0 Å². The van der Waals surface area contributed by atoms with Gasteiger partial charge in [0.15, 0.2) is 17.5 Å². The van der Waals surface area contributed by atoms with Gasteiger partial charge in [-0.2, -0.15) is 0 Å². The van der Waals surface area contributed by atoms with E-state index in [0.29, 0.717) is 19.0 Å². The smallest absolute Gasteiger partial charge is 0.188 e. The second-order valence-corrected chi connectivity index (χ2v) is 7.39. The lowest BCUT2D eigenvalue weighted by molar-refractivity contribution is 0.354. The molecule has 0 saturated heterocycles. The number of nitrogens with zero attached hydrogens (tertiary/aromatic N) is 1. The molecule has 0 aliphatic heterocycles. The van der Waals surface area contributed by atoms with Crippen LogP contribution in [0.2, 0.25) is 0 Å². The number of nitrogens with one attached hydrogen (secondary N) is 1. The Balaban J connectivity index is 1.82. The second-order valence-electron chi connectivity index (χ2n) is 7.39. The van der Waals surface area contributed by atoms with Crippen LogP contribution in [0.5, 0.6) is 11.5 Å². The van der Waals surface area contributed by atoms with Gasteiger partial charge in [-0.3, -0.25) is 4.99 Å². The number of benzene rings is 2. The highest BCUT2D eigenvalue weighted by atomic mass is 16.5. The lowest BCUT2D eigenvalue weighted by atomic mass is 9.86. The molecule has 2 aromatic carbocycles. The third-order valence-electron chi connectivity index (χ3n) is 4.37. The number of rotatable bonds is 9. The largest absolute Gasteiger partial charge is 0.493 e. The van der Waals surface area contributed by atoms with Crippen LogP contribution in [0.3, 0.4) is 0 Å². The molecule has 0 atom stereocenters. The molecule has 0 aromatic heterocycles. The molecule has 0 aliphatic rings. The first-order valence-corrected chi connectivity index (χ1v) is 9.22. The summed E-state index contributed by atoms with van der Waals surface area (Å²) in [4.78, 5) is 4.52.